The summed E-state index contributed by atoms with van der Waals surface area (Å²) in [5, 5.41) is 4.17. The zero-order valence-electron chi connectivity index (χ0n) is 16.3. The van der Waals surface area contributed by atoms with Crippen molar-refractivity contribution in [1.29, 1.82) is 0 Å². The minimum absolute atomic E-state index is 0.000378. The van der Waals surface area contributed by atoms with E-state index in [4.69, 9.17) is 17.0 Å². The summed E-state index contributed by atoms with van der Waals surface area (Å²) in [4.78, 5) is 7.96. The molecule has 154 valence electrons. The number of benzene rings is 2. The molecular weight excluding hydrogens is 490 g/mol. The maximum atomic E-state index is 5.95. The van der Waals surface area contributed by atoms with Crippen LogP contribution in [0.3, 0.4) is 0 Å². The average molecular weight is 508 g/mol. The van der Waals surface area contributed by atoms with Gasteiger partial charge in [-0.25, -0.2) is 0 Å². The van der Waals surface area contributed by atoms with Crippen LogP contribution in [0.25, 0.3) is 0 Å². The summed E-state index contributed by atoms with van der Waals surface area (Å²) < 4.78 is 7.04. The van der Waals surface area contributed by atoms with Gasteiger partial charge in [0.2, 0.25) is 0 Å². The summed E-state index contributed by atoms with van der Waals surface area (Å²) >= 11 is 11.1. The highest BCUT2D eigenvalue weighted by atomic mass is 79.9. The highest BCUT2D eigenvalue weighted by Gasteiger charge is 2.41. The van der Waals surface area contributed by atoms with E-state index in [0.717, 1.165) is 26.7 Å². The zero-order chi connectivity index (χ0) is 21.2. The van der Waals surface area contributed by atoms with Gasteiger partial charge < -0.3 is 15.0 Å². The van der Waals surface area contributed by atoms with Crippen molar-refractivity contribution >= 4 is 50.3 Å². The molecule has 2 atom stereocenters. The van der Waals surface area contributed by atoms with E-state index in [1.54, 1.807) is 11.3 Å². The number of aromatic nitrogens is 1. The van der Waals surface area contributed by atoms with Gasteiger partial charge in [-0.3, -0.25) is 4.98 Å². The third kappa shape index (κ3) is 4.21. The lowest BCUT2D eigenvalue weighted by molar-refractivity contribution is 0.482. The van der Waals surface area contributed by atoms with Crippen molar-refractivity contribution in [3.8, 4) is 11.5 Å². The molecule has 1 N–H and O–H groups in total. The van der Waals surface area contributed by atoms with Crippen molar-refractivity contribution in [2.75, 3.05) is 4.90 Å². The Morgan fingerprint density at radius 3 is 2.32 bits per heavy atom. The largest absolute Gasteiger partial charge is 0.457 e. The first-order chi connectivity index (χ1) is 15.2. The second-order valence-corrected chi connectivity index (χ2v) is 9.93. The summed E-state index contributed by atoms with van der Waals surface area (Å²) in [7, 11) is 0. The van der Waals surface area contributed by atoms with E-state index in [-0.39, 0.29) is 12.1 Å². The van der Waals surface area contributed by atoms with Crippen LogP contribution in [0, 0.1) is 0 Å². The minimum Gasteiger partial charge on any atom is -0.457 e. The van der Waals surface area contributed by atoms with E-state index in [9.17, 15) is 0 Å². The third-order valence-corrected chi connectivity index (χ3v) is 7.09. The smallest absolute Gasteiger partial charge is 0.174 e. The topological polar surface area (TPSA) is 37.4 Å². The lowest BCUT2D eigenvalue weighted by atomic mass is 10.0. The summed E-state index contributed by atoms with van der Waals surface area (Å²) in [6, 6.07) is 27.9. The molecule has 2 aromatic carbocycles. The fourth-order valence-electron chi connectivity index (χ4n) is 3.71. The van der Waals surface area contributed by atoms with Gasteiger partial charge in [0.1, 0.15) is 11.5 Å². The molecule has 0 amide bonds. The first-order valence-corrected chi connectivity index (χ1v) is 11.8. The van der Waals surface area contributed by atoms with Crippen molar-refractivity contribution in [2.24, 2.45) is 0 Å². The number of thiophene rings is 1. The Morgan fingerprint density at radius 2 is 1.65 bits per heavy atom. The SMILES string of the molecule is S=C1N[C@@H](c2ccccn2)[C@@H](c2ccc(Br)s2)N1c1ccc(Oc2ccccc2)cc1. The van der Waals surface area contributed by atoms with Gasteiger partial charge >= 0.3 is 0 Å². The highest BCUT2D eigenvalue weighted by Crippen LogP contribution is 2.44. The molecule has 4 nitrogen and oxygen atoms in total. The molecule has 3 heterocycles. The van der Waals surface area contributed by atoms with E-state index >= 15 is 0 Å². The molecule has 1 saturated heterocycles. The Hall–Kier alpha value is -2.74. The Labute approximate surface area is 198 Å². The van der Waals surface area contributed by atoms with Crippen molar-refractivity contribution in [1.82, 2.24) is 10.3 Å². The summed E-state index contributed by atoms with van der Waals surface area (Å²) in [6.45, 7) is 0. The van der Waals surface area contributed by atoms with Gasteiger partial charge in [0.15, 0.2) is 5.11 Å². The number of thiocarbonyl (C=S) groups is 1. The molecule has 1 fully saturated rings. The van der Waals surface area contributed by atoms with Crippen LogP contribution in [0.4, 0.5) is 5.69 Å². The quantitative estimate of drug-likeness (QED) is 0.298. The van der Waals surface area contributed by atoms with Gasteiger partial charge in [-0.15, -0.1) is 11.3 Å². The van der Waals surface area contributed by atoms with Crippen LogP contribution in [-0.2, 0) is 0 Å². The summed E-state index contributed by atoms with van der Waals surface area (Å²) in [6.07, 6.45) is 1.82. The average Bonchev–Trinajstić information content (AvgIpc) is 3.38. The molecule has 4 aromatic rings. The number of nitrogens with zero attached hydrogens (tertiary/aromatic N) is 2. The number of anilines is 1. The molecule has 0 unspecified atom stereocenters. The molecule has 1 aliphatic rings. The minimum atomic E-state index is -0.0421. The molecule has 7 heteroatoms. The van der Waals surface area contributed by atoms with Crippen molar-refractivity contribution < 1.29 is 4.74 Å². The van der Waals surface area contributed by atoms with Crippen LogP contribution in [0.15, 0.2) is 94.9 Å². The Kier molecular flexibility index (Phi) is 5.72. The third-order valence-electron chi connectivity index (χ3n) is 5.08. The van der Waals surface area contributed by atoms with Gasteiger partial charge in [-0.1, -0.05) is 24.3 Å². The molecule has 0 aliphatic carbocycles. The highest BCUT2D eigenvalue weighted by molar-refractivity contribution is 9.11. The number of nitrogens with one attached hydrogen (secondary N) is 1. The number of pyridine rings is 1. The summed E-state index contributed by atoms with van der Waals surface area (Å²) in [5.74, 6) is 1.59. The molecule has 2 aromatic heterocycles. The Balaban J connectivity index is 1.48. The molecule has 0 radical (unpaired) electrons. The van der Waals surface area contributed by atoms with Crippen LogP contribution in [0.5, 0.6) is 11.5 Å². The van der Waals surface area contributed by atoms with E-state index < -0.39 is 0 Å². The lowest BCUT2D eigenvalue weighted by Gasteiger charge is -2.27. The van der Waals surface area contributed by atoms with E-state index in [0.29, 0.717) is 5.11 Å². The van der Waals surface area contributed by atoms with E-state index in [2.05, 4.69) is 43.3 Å². The van der Waals surface area contributed by atoms with Crippen LogP contribution in [0.1, 0.15) is 22.7 Å². The normalized spacial score (nSPS) is 18.1. The fraction of sp³-hybridized carbons (Fsp3) is 0.0833. The van der Waals surface area contributed by atoms with Gasteiger partial charge in [0.25, 0.3) is 0 Å². The lowest BCUT2D eigenvalue weighted by Crippen LogP contribution is -2.28. The molecule has 5 rings (SSSR count). The van der Waals surface area contributed by atoms with Crippen LogP contribution in [0.2, 0.25) is 0 Å². The molecule has 31 heavy (non-hydrogen) atoms. The van der Waals surface area contributed by atoms with Crippen molar-refractivity contribution in [2.45, 2.75) is 12.1 Å². The number of hydrogen-bond acceptors (Lipinski definition) is 4. The van der Waals surface area contributed by atoms with E-state index in [1.165, 1.54) is 4.88 Å². The number of para-hydroxylation sites is 1. The predicted molar refractivity (Wildman–Crippen MR) is 133 cm³/mol. The van der Waals surface area contributed by atoms with Gasteiger partial charge in [0.05, 0.1) is 21.6 Å². The molecular formula is C24H18BrN3OS2. The van der Waals surface area contributed by atoms with Crippen LogP contribution in [-0.4, -0.2) is 10.1 Å². The number of halogens is 1. The molecule has 0 bridgehead atoms. The maximum absolute atomic E-state index is 5.95. The monoisotopic (exact) mass is 507 g/mol. The molecule has 0 spiro atoms. The first-order valence-electron chi connectivity index (χ1n) is 9.78. The summed E-state index contributed by atoms with van der Waals surface area (Å²) in [5.41, 5.74) is 1.97. The molecule has 1 aliphatic heterocycles. The van der Waals surface area contributed by atoms with Crippen LogP contribution < -0.4 is 15.0 Å². The number of ether oxygens (including phenoxy) is 1. The predicted octanol–water partition coefficient (Wildman–Crippen LogP) is 6.88. The number of rotatable bonds is 5. The maximum Gasteiger partial charge on any atom is 0.174 e. The van der Waals surface area contributed by atoms with Crippen LogP contribution >= 0.6 is 39.5 Å². The second kappa shape index (κ2) is 8.78. The number of hydrogen-bond donors (Lipinski definition) is 1. The van der Waals surface area contributed by atoms with Crippen molar-refractivity contribution in [3.05, 3.63) is 105 Å². The Morgan fingerprint density at radius 1 is 0.903 bits per heavy atom. The first kappa shape index (κ1) is 20.2. The van der Waals surface area contributed by atoms with Gasteiger partial charge in [0, 0.05) is 16.8 Å². The van der Waals surface area contributed by atoms with Gasteiger partial charge in [-0.05, 0) is 88.8 Å². The van der Waals surface area contributed by atoms with Gasteiger partial charge in [-0.2, -0.15) is 0 Å². The molecule has 0 saturated carbocycles. The second-order valence-electron chi connectivity index (χ2n) is 7.05. The van der Waals surface area contributed by atoms with E-state index in [1.807, 2.05) is 79.0 Å². The fourth-order valence-corrected chi connectivity index (χ4v) is 5.61. The zero-order valence-corrected chi connectivity index (χ0v) is 19.5. The Bertz CT molecular complexity index is 1180. The van der Waals surface area contributed by atoms with Crippen molar-refractivity contribution in [3.63, 3.8) is 0 Å². The standard InChI is InChI=1S/C24H18BrN3OS2/c25-21-14-13-20(31-21)23-22(19-8-4-5-15-26-19)27-24(30)28(23)16-9-11-18(12-10-16)29-17-6-2-1-3-7-17/h1-15,22-23H,(H,27,30)/t22-,23+/m0/s1.